The predicted molar refractivity (Wildman–Crippen MR) is 86.2 cm³/mol. The average molecular weight is 270 g/mol. The molecule has 1 aliphatic heterocycles. The number of nitrogens with one attached hydrogen (secondary N) is 1. The molecule has 1 aliphatic rings. The van der Waals surface area contributed by atoms with E-state index in [2.05, 4.69) is 61.6 Å². The van der Waals surface area contributed by atoms with Gasteiger partial charge >= 0.3 is 0 Å². The van der Waals surface area contributed by atoms with Crippen molar-refractivity contribution in [2.75, 3.05) is 11.1 Å². The molecule has 1 N–H and O–H groups in total. The zero-order valence-corrected chi connectivity index (χ0v) is 12.1. The molecule has 2 aromatic rings. The van der Waals surface area contributed by atoms with Gasteiger partial charge in [-0.1, -0.05) is 48.2 Å². The minimum atomic E-state index is 0.0537. The Kier molecular flexibility index (Phi) is 3.23. The van der Waals surface area contributed by atoms with Crippen LogP contribution in [0.2, 0.25) is 0 Å². The number of benzene rings is 2. The highest BCUT2D eigenvalue weighted by molar-refractivity contribution is 8.14. The van der Waals surface area contributed by atoms with Crippen LogP contribution in [0.1, 0.15) is 20.3 Å². The summed E-state index contributed by atoms with van der Waals surface area (Å²) >= 11 is 1.81. The summed E-state index contributed by atoms with van der Waals surface area (Å²) in [5.41, 5.74) is 1.19. The average Bonchev–Trinajstić information content (AvgIpc) is 2.38. The molecule has 0 amide bonds. The van der Waals surface area contributed by atoms with Crippen molar-refractivity contribution in [2.24, 2.45) is 4.99 Å². The van der Waals surface area contributed by atoms with Crippen LogP contribution in [0.15, 0.2) is 47.5 Å². The summed E-state index contributed by atoms with van der Waals surface area (Å²) < 4.78 is 0. The highest BCUT2D eigenvalue weighted by Gasteiger charge is 2.22. The molecule has 0 unspecified atom stereocenters. The number of hydrogen-bond donors (Lipinski definition) is 1. The Balaban J connectivity index is 1.96. The fraction of sp³-hybridized carbons (Fsp3) is 0.312. The third kappa shape index (κ3) is 2.76. The van der Waals surface area contributed by atoms with Crippen LogP contribution in [0.25, 0.3) is 10.8 Å². The van der Waals surface area contributed by atoms with E-state index in [4.69, 9.17) is 4.99 Å². The standard InChI is InChI=1S/C16H18N2S/c1-16(2)10-11-19-15(18-16)17-14-9-5-7-12-6-3-4-8-13(12)14/h3-9H,10-11H2,1-2H3,(H,17,18). The maximum absolute atomic E-state index is 4.78. The number of amidine groups is 1. The lowest BCUT2D eigenvalue weighted by Gasteiger charge is -2.26. The molecule has 0 fully saturated rings. The van der Waals surface area contributed by atoms with E-state index in [0.29, 0.717) is 0 Å². The summed E-state index contributed by atoms with van der Waals surface area (Å²) in [7, 11) is 0. The molecule has 0 radical (unpaired) electrons. The lowest BCUT2D eigenvalue weighted by atomic mass is 10.0. The van der Waals surface area contributed by atoms with E-state index in [1.54, 1.807) is 0 Å². The molecule has 0 aliphatic carbocycles. The molecule has 0 aromatic heterocycles. The van der Waals surface area contributed by atoms with Gasteiger partial charge in [-0.2, -0.15) is 0 Å². The first-order valence-corrected chi connectivity index (χ1v) is 7.60. The molecule has 0 atom stereocenters. The number of hydrogen-bond acceptors (Lipinski definition) is 3. The van der Waals surface area contributed by atoms with Crippen LogP contribution in [0, 0.1) is 0 Å². The fourth-order valence-electron chi connectivity index (χ4n) is 2.27. The molecule has 0 bridgehead atoms. The van der Waals surface area contributed by atoms with Crippen LogP contribution in [0.5, 0.6) is 0 Å². The molecule has 19 heavy (non-hydrogen) atoms. The van der Waals surface area contributed by atoms with Gasteiger partial charge in [-0.05, 0) is 31.7 Å². The van der Waals surface area contributed by atoms with E-state index in [1.165, 1.54) is 10.8 Å². The maximum Gasteiger partial charge on any atom is 0.161 e. The van der Waals surface area contributed by atoms with Crippen molar-refractivity contribution < 1.29 is 0 Å². The van der Waals surface area contributed by atoms with E-state index in [9.17, 15) is 0 Å². The molecule has 1 heterocycles. The van der Waals surface area contributed by atoms with Crippen molar-refractivity contribution in [1.82, 2.24) is 0 Å². The lowest BCUT2D eigenvalue weighted by Crippen LogP contribution is -2.27. The number of thioether (sulfide) groups is 1. The van der Waals surface area contributed by atoms with Crippen molar-refractivity contribution in [2.45, 2.75) is 25.8 Å². The summed E-state index contributed by atoms with van der Waals surface area (Å²) in [6, 6.07) is 14.8. The molecule has 0 saturated heterocycles. The Bertz CT molecular complexity index is 626. The molecule has 3 heteroatoms. The van der Waals surface area contributed by atoms with E-state index in [-0.39, 0.29) is 5.54 Å². The summed E-state index contributed by atoms with van der Waals surface area (Å²) in [6.07, 6.45) is 1.14. The predicted octanol–water partition coefficient (Wildman–Crippen LogP) is 4.52. The maximum atomic E-state index is 4.78. The molecular weight excluding hydrogens is 252 g/mol. The number of rotatable bonds is 1. The Morgan fingerprint density at radius 3 is 2.74 bits per heavy atom. The van der Waals surface area contributed by atoms with Gasteiger partial charge in [0.25, 0.3) is 0 Å². The highest BCUT2D eigenvalue weighted by atomic mass is 32.2. The molecule has 2 nitrogen and oxygen atoms in total. The third-order valence-corrected chi connectivity index (χ3v) is 4.26. The van der Waals surface area contributed by atoms with Crippen molar-refractivity contribution >= 4 is 33.4 Å². The second-order valence-electron chi connectivity index (χ2n) is 5.48. The van der Waals surface area contributed by atoms with E-state index < -0.39 is 0 Å². The van der Waals surface area contributed by atoms with Crippen LogP contribution in [0.3, 0.4) is 0 Å². The van der Waals surface area contributed by atoms with Crippen molar-refractivity contribution in [1.29, 1.82) is 0 Å². The first kappa shape index (κ1) is 12.5. The molecule has 0 saturated carbocycles. The minimum Gasteiger partial charge on any atom is -0.334 e. The monoisotopic (exact) mass is 270 g/mol. The molecule has 2 aromatic carbocycles. The van der Waals surface area contributed by atoms with Gasteiger partial charge in [0.05, 0.1) is 5.54 Å². The van der Waals surface area contributed by atoms with Gasteiger partial charge in [0.15, 0.2) is 5.17 Å². The fourth-order valence-corrected chi connectivity index (χ4v) is 3.56. The van der Waals surface area contributed by atoms with E-state index in [1.807, 2.05) is 11.8 Å². The first-order chi connectivity index (χ1) is 9.14. The Morgan fingerprint density at radius 1 is 1.11 bits per heavy atom. The summed E-state index contributed by atoms with van der Waals surface area (Å²) in [6.45, 7) is 4.38. The summed E-state index contributed by atoms with van der Waals surface area (Å²) in [5.74, 6) is 1.13. The smallest absolute Gasteiger partial charge is 0.161 e. The third-order valence-electron chi connectivity index (χ3n) is 3.39. The SMILES string of the molecule is CC1(C)CCSC(Nc2cccc3ccccc23)=N1. The first-order valence-electron chi connectivity index (χ1n) is 6.61. The zero-order chi connectivity index (χ0) is 13.3. The van der Waals surface area contributed by atoms with E-state index in [0.717, 1.165) is 23.0 Å². The second kappa shape index (κ2) is 4.89. The quantitative estimate of drug-likeness (QED) is 0.823. The van der Waals surface area contributed by atoms with Gasteiger partial charge in [-0.25, -0.2) is 0 Å². The summed E-state index contributed by atoms with van der Waals surface area (Å²) in [4.78, 5) is 4.78. The van der Waals surface area contributed by atoms with Crippen molar-refractivity contribution in [3.8, 4) is 0 Å². The molecule has 3 rings (SSSR count). The normalized spacial score (nSPS) is 18.1. The van der Waals surface area contributed by atoms with Gasteiger partial charge in [-0.3, -0.25) is 4.99 Å². The van der Waals surface area contributed by atoms with Crippen molar-refractivity contribution in [3.63, 3.8) is 0 Å². The molecule has 0 spiro atoms. The Hall–Kier alpha value is -1.48. The van der Waals surface area contributed by atoms with Gasteiger partial charge in [0.1, 0.15) is 0 Å². The van der Waals surface area contributed by atoms with Crippen LogP contribution in [-0.2, 0) is 0 Å². The highest BCUT2D eigenvalue weighted by Crippen LogP contribution is 2.29. The summed E-state index contributed by atoms with van der Waals surface area (Å²) in [5, 5.41) is 7.03. The topological polar surface area (TPSA) is 24.4 Å². The molecule has 98 valence electrons. The minimum absolute atomic E-state index is 0.0537. The Morgan fingerprint density at radius 2 is 1.89 bits per heavy atom. The van der Waals surface area contributed by atoms with E-state index >= 15 is 0 Å². The van der Waals surface area contributed by atoms with Crippen LogP contribution in [0.4, 0.5) is 5.69 Å². The largest absolute Gasteiger partial charge is 0.334 e. The van der Waals surface area contributed by atoms with Gasteiger partial charge < -0.3 is 5.32 Å². The number of fused-ring (bicyclic) bond motifs is 1. The van der Waals surface area contributed by atoms with Crippen LogP contribution in [-0.4, -0.2) is 16.5 Å². The zero-order valence-electron chi connectivity index (χ0n) is 11.3. The Labute approximate surface area is 118 Å². The van der Waals surface area contributed by atoms with Gasteiger partial charge in [0, 0.05) is 16.8 Å². The molecular formula is C16H18N2S. The van der Waals surface area contributed by atoms with Crippen LogP contribution < -0.4 is 5.32 Å². The second-order valence-corrected chi connectivity index (χ2v) is 6.56. The lowest BCUT2D eigenvalue weighted by molar-refractivity contribution is 0.507. The van der Waals surface area contributed by atoms with Crippen molar-refractivity contribution in [3.05, 3.63) is 42.5 Å². The van der Waals surface area contributed by atoms with Gasteiger partial charge in [0.2, 0.25) is 0 Å². The number of aliphatic imine (C=N–C) groups is 1. The van der Waals surface area contributed by atoms with Crippen LogP contribution >= 0.6 is 11.8 Å². The van der Waals surface area contributed by atoms with Gasteiger partial charge in [-0.15, -0.1) is 0 Å². The number of nitrogens with zero attached hydrogens (tertiary/aromatic N) is 1. The number of anilines is 1.